The molecule has 0 saturated carbocycles. The van der Waals surface area contributed by atoms with Gasteiger partial charge in [0.1, 0.15) is 5.82 Å². The topological polar surface area (TPSA) is 15.3 Å². The van der Waals surface area contributed by atoms with E-state index >= 15 is 0 Å². The molecular weight excluding hydrogens is 239 g/mol. The van der Waals surface area contributed by atoms with E-state index in [1.807, 2.05) is 12.1 Å². The average molecular weight is 266 g/mol. The van der Waals surface area contributed by atoms with Gasteiger partial charge in [-0.15, -0.1) is 0 Å². The molecule has 1 aromatic carbocycles. The number of nitrogens with zero attached hydrogens (tertiary/aromatic N) is 1. The van der Waals surface area contributed by atoms with Crippen LogP contribution in [0.1, 0.15) is 46.1 Å². The Hall–Kier alpha value is -1.09. The van der Waals surface area contributed by atoms with Crippen LogP contribution in [0.2, 0.25) is 0 Å². The summed E-state index contributed by atoms with van der Waals surface area (Å²) in [6.07, 6.45) is 2.23. The van der Waals surface area contributed by atoms with Crippen LogP contribution in [0, 0.1) is 5.82 Å². The summed E-state index contributed by atoms with van der Waals surface area (Å²) in [5.41, 5.74) is 1.73. The Labute approximate surface area is 117 Å². The van der Waals surface area contributed by atoms with Gasteiger partial charge in [-0.1, -0.05) is 33.3 Å². The maximum atomic E-state index is 14.2. The van der Waals surface area contributed by atoms with Crippen molar-refractivity contribution in [2.45, 2.75) is 53.1 Å². The van der Waals surface area contributed by atoms with Gasteiger partial charge in [-0.2, -0.15) is 0 Å². The van der Waals surface area contributed by atoms with E-state index in [1.165, 1.54) is 0 Å². The molecule has 0 bridgehead atoms. The van der Waals surface area contributed by atoms with E-state index in [0.717, 1.165) is 43.7 Å². The third kappa shape index (κ3) is 5.19. The predicted octanol–water partition coefficient (Wildman–Crippen LogP) is 3.95. The van der Waals surface area contributed by atoms with Gasteiger partial charge in [0, 0.05) is 25.7 Å². The molecule has 0 spiro atoms. The minimum Gasteiger partial charge on any atom is -0.369 e. The van der Waals surface area contributed by atoms with Crippen LogP contribution in [-0.2, 0) is 6.54 Å². The molecule has 19 heavy (non-hydrogen) atoms. The van der Waals surface area contributed by atoms with Gasteiger partial charge in [0.05, 0.1) is 5.69 Å². The Bertz CT molecular complexity index is 377. The van der Waals surface area contributed by atoms with Gasteiger partial charge >= 0.3 is 0 Å². The van der Waals surface area contributed by atoms with E-state index in [9.17, 15) is 4.39 Å². The van der Waals surface area contributed by atoms with Crippen molar-refractivity contribution in [2.75, 3.05) is 18.0 Å². The van der Waals surface area contributed by atoms with Crippen molar-refractivity contribution in [3.8, 4) is 0 Å². The Morgan fingerprint density at radius 1 is 1.26 bits per heavy atom. The first-order valence-electron chi connectivity index (χ1n) is 7.35. The summed E-state index contributed by atoms with van der Waals surface area (Å²) in [6.45, 7) is 10.9. The molecule has 1 aromatic rings. The molecule has 0 amide bonds. The molecule has 1 N–H and O–H groups in total. The quantitative estimate of drug-likeness (QED) is 0.766. The fraction of sp³-hybridized carbons (Fsp3) is 0.625. The third-order valence-corrected chi connectivity index (χ3v) is 3.23. The van der Waals surface area contributed by atoms with E-state index in [0.29, 0.717) is 6.04 Å². The Morgan fingerprint density at radius 3 is 2.53 bits per heavy atom. The standard InChI is InChI=1S/C16H27FN2/c1-5-7-10-19(6-2)16-9-8-14(11-15(16)17)12-18-13(3)4/h8-9,11,13,18H,5-7,10,12H2,1-4H3. The number of anilines is 1. The van der Waals surface area contributed by atoms with E-state index in [4.69, 9.17) is 0 Å². The molecule has 0 fully saturated rings. The van der Waals surface area contributed by atoms with Gasteiger partial charge in [0.25, 0.3) is 0 Å². The number of hydrogen-bond donors (Lipinski definition) is 1. The van der Waals surface area contributed by atoms with Crippen molar-refractivity contribution in [1.29, 1.82) is 0 Å². The number of unbranched alkanes of at least 4 members (excludes halogenated alkanes) is 1. The second-order valence-corrected chi connectivity index (χ2v) is 5.25. The molecule has 0 aliphatic rings. The molecular formula is C16H27FN2. The first-order chi connectivity index (χ1) is 9.08. The SMILES string of the molecule is CCCCN(CC)c1ccc(CNC(C)C)cc1F. The van der Waals surface area contributed by atoms with Crippen molar-refractivity contribution in [1.82, 2.24) is 5.32 Å². The lowest BCUT2D eigenvalue weighted by molar-refractivity contribution is 0.579. The molecule has 2 nitrogen and oxygen atoms in total. The molecule has 0 aromatic heterocycles. The summed E-state index contributed by atoms with van der Waals surface area (Å²) in [4.78, 5) is 2.11. The zero-order chi connectivity index (χ0) is 14.3. The lowest BCUT2D eigenvalue weighted by atomic mass is 10.1. The number of rotatable bonds is 8. The van der Waals surface area contributed by atoms with Crippen LogP contribution in [0.3, 0.4) is 0 Å². The second kappa shape index (κ2) is 8.16. The first-order valence-corrected chi connectivity index (χ1v) is 7.35. The van der Waals surface area contributed by atoms with Crippen LogP contribution >= 0.6 is 0 Å². The van der Waals surface area contributed by atoms with Gasteiger partial charge in [-0.25, -0.2) is 4.39 Å². The highest BCUT2D eigenvalue weighted by molar-refractivity contribution is 5.49. The van der Waals surface area contributed by atoms with Gasteiger partial charge in [-0.05, 0) is 31.0 Å². The Kier molecular flexibility index (Phi) is 6.85. The number of benzene rings is 1. The molecule has 1 rings (SSSR count). The van der Waals surface area contributed by atoms with Crippen LogP contribution in [0.5, 0.6) is 0 Å². The summed E-state index contributed by atoms with van der Waals surface area (Å²) in [6, 6.07) is 5.99. The largest absolute Gasteiger partial charge is 0.369 e. The molecule has 0 unspecified atom stereocenters. The zero-order valence-corrected chi connectivity index (χ0v) is 12.7. The summed E-state index contributed by atoms with van der Waals surface area (Å²) < 4.78 is 14.2. The van der Waals surface area contributed by atoms with Crippen LogP contribution in [0.4, 0.5) is 10.1 Å². The van der Waals surface area contributed by atoms with Crippen LogP contribution in [0.25, 0.3) is 0 Å². The normalized spacial score (nSPS) is 11.1. The van der Waals surface area contributed by atoms with E-state index in [-0.39, 0.29) is 5.82 Å². The van der Waals surface area contributed by atoms with Gasteiger partial charge in [-0.3, -0.25) is 0 Å². The molecule has 0 aliphatic heterocycles. The molecule has 0 radical (unpaired) electrons. The summed E-state index contributed by atoms with van der Waals surface area (Å²) in [7, 11) is 0. The first kappa shape index (κ1) is 16.0. The monoisotopic (exact) mass is 266 g/mol. The Morgan fingerprint density at radius 2 is 2.00 bits per heavy atom. The van der Waals surface area contributed by atoms with E-state index in [2.05, 4.69) is 37.9 Å². The smallest absolute Gasteiger partial charge is 0.146 e. The molecule has 3 heteroatoms. The van der Waals surface area contributed by atoms with Crippen LogP contribution in [0.15, 0.2) is 18.2 Å². The van der Waals surface area contributed by atoms with Crippen LogP contribution in [-0.4, -0.2) is 19.1 Å². The maximum Gasteiger partial charge on any atom is 0.146 e. The van der Waals surface area contributed by atoms with Gasteiger partial charge < -0.3 is 10.2 Å². The van der Waals surface area contributed by atoms with Gasteiger partial charge in [0.2, 0.25) is 0 Å². The van der Waals surface area contributed by atoms with E-state index in [1.54, 1.807) is 6.07 Å². The number of hydrogen-bond acceptors (Lipinski definition) is 2. The van der Waals surface area contributed by atoms with Crippen LogP contribution < -0.4 is 10.2 Å². The average Bonchev–Trinajstić information content (AvgIpc) is 2.39. The summed E-state index contributed by atoms with van der Waals surface area (Å²) in [5.74, 6) is -0.110. The van der Waals surface area contributed by atoms with Crippen molar-refractivity contribution in [2.24, 2.45) is 0 Å². The zero-order valence-electron chi connectivity index (χ0n) is 12.7. The molecule has 0 heterocycles. The number of nitrogens with one attached hydrogen (secondary N) is 1. The van der Waals surface area contributed by atoms with Crippen molar-refractivity contribution < 1.29 is 4.39 Å². The van der Waals surface area contributed by atoms with Crippen molar-refractivity contribution >= 4 is 5.69 Å². The van der Waals surface area contributed by atoms with Crippen molar-refractivity contribution in [3.63, 3.8) is 0 Å². The maximum absolute atomic E-state index is 14.2. The minimum atomic E-state index is -0.110. The highest BCUT2D eigenvalue weighted by Crippen LogP contribution is 2.21. The van der Waals surface area contributed by atoms with Gasteiger partial charge in [0.15, 0.2) is 0 Å². The minimum absolute atomic E-state index is 0.110. The summed E-state index contributed by atoms with van der Waals surface area (Å²) in [5, 5.41) is 3.31. The Balaban J connectivity index is 2.74. The molecule has 0 aliphatic carbocycles. The highest BCUT2D eigenvalue weighted by atomic mass is 19.1. The lowest BCUT2D eigenvalue weighted by Gasteiger charge is -2.23. The fourth-order valence-corrected chi connectivity index (χ4v) is 2.04. The molecule has 108 valence electrons. The third-order valence-electron chi connectivity index (χ3n) is 3.23. The lowest BCUT2D eigenvalue weighted by Crippen LogP contribution is -2.25. The summed E-state index contributed by atoms with van der Waals surface area (Å²) >= 11 is 0. The molecule has 0 atom stereocenters. The van der Waals surface area contributed by atoms with E-state index < -0.39 is 0 Å². The highest BCUT2D eigenvalue weighted by Gasteiger charge is 2.10. The predicted molar refractivity (Wildman–Crippen MR) is 81.2 cm³/mol. The second-order valence-electron chi connectivity index (χ2n) is 5.25. The van der Waals surface area contributed by atoms with Crippen molar-refractivity contribution in [3.05, 3.63) is 29.6 Å². The molecule has 0 saturated heterocycles. The number of halogens is 1. The fourth-order valence-electron chi connectivity index (χ4n) is 2.04.